The Kier molecular flexibility index (Phi) is 6.64. The van der Waals surface area contributed by atoms with Crippen LogP contribution < -0.4 is 4.90 Å². The van der Waals surface area contributed by atoms with Gasteiger partial charge in [0.25, 0.3) is 0 Å². The van der Waals surface area contributed by atoms with Crippen LogP contribution in [-0.4, -0.2) is 24.8 Å². The van der Waals surface area contributed by atoms with Crippen LogP contribution in [0.15, 0.2) is 72.9 Å². The first-order chi connectivity index (χ1) is 12.8. The van der Waals surface area contributed by atoms with Gasteiger partial charge in [-0.3, -0.25) is 0 Å². The lowest BCUT2D eigenvalue weighted by molar-refractivity contribution is -0.928. The van der Waals surface area contributed by atoms with Gasteiger partial charge in [-0.2, -0.15) is 0 Å². The minimum atomic E-state index is 0.778. The summed E-state index contributed by atoms with van der Waals surface area (Å²) in [5.74, 6) is 0. The number of hydrogen-bond acceptors (Lipinski definition) is 1. The maximum Gasteiger partial charge on any atom is 0.118 e. The van der Waals surface area contributed by atoms with Crippen molar-refractivity contribution < 1.29 is 9.64 Å². The third-order valence-electron chi connectivity index (χ3n) is 4.91. The van der Waals surface area contributed by atoms with Gasteiger partial charge in [-0.25, -0.2) is 0 Å². The minimum absolute atomic E-state index is 0.778. The van der Waals surface area contributed by atoms with E-state index in [1.807, 2.05) is 0 Å². The predicted octanol–water partition coefficient (Wildman–Crippen LogP) is 3.08. The quantitative estimate of drug-likeness (QED) is 0.629. The molecule has 2 aromatic carbocycles. The maximum atomic E-state index is 5.36. The number of benzene rings is 2. The summed E-state index contributed by atoms with van der Waals surface area (Å²) >= 11 is 0. The molecule has 0 amide bonds. The largest absolute Gasteiger partial charge is 0.379 e. The Morgan fingerprint density at radius 2 is 1.65 bits per heavy atom. The summed E-state index contributed by atoms with van der Waals surface area (Å²) in [5, 5.41) is 0. The number of hydrogen-bond donors (Lipinski definition) is 1. The molecule has 1 N–H and O–H groups in total. The zero-order valence-electron chi connectivity index (χ0n) is 15.8. The number of nitrogens with zero attached hydrogens (tertiary/aromatic N) is 1. The second-order valence-corrected chi connectivity index (χ2v) is 6.89. The lowest BCUT2D eigenvalue weighted by Gasteiger charge is -2.21. The van der Waals surface area contributed by atoms with Crippen molar-refractivity contribution in [1.29, 1.82) is 0 Å². The number of aryl methyl sites for hydroxylation is 1. The number of nitrogens with one attached hydrogen (secondary N) is 1. The molecule has 26 heavy (non-hydrogen) atoms. The van der Waals surface area contributed by atoms with Gasteiger partial charge >= 0.3 is 0 Å². The molecule has 0 aliphatic carbocycles. The summed E-state index contributed by atoms with van der Waals surface area (Å²) in [6.45, 7) is 6.92. The average molecular weight is 349 g/mol. The molecule has 3 aromatic rings. The highest BCUT2D eigenvalue weighted by Gasteiger charge is 2.14. The van der Waals surface area contributed by atoms with E-state index in [4.69, 9.17) is 4.74 Å². The summed E-state index contributed by atoms with van der Waals surface area (Å²) in [4.78, 5) is 1.52. The molecule has 0 aliphatic heterocycles. The zero-order valence-corrected chi connectivity index (χ0v) is 15.8. The Labute approximate surface area is 156 Å². The molecular formula is C23H29N2O+. The molecule has 0 fully saturated rings. The molecule has 1 aromatic heterocycles. The molecule has 3 heteroatoms. The molecule has 1 heterocycles. The fraction of sp³-hybridized carbons (Fsp3) is 0.304. The van der Waals surface area contributed by atoms with Crippen LogP contribution in [0.4, 0.5) is 0 Å². The summed E-state index contributed by atoms with van der Waals surface area (Å²) in [7, 11) is 1.78. The number of rotatable bonds is 9. The van der Waals surface area contributed by atoms with Crippen molar-refractivity contribution in [2.75, 3.05) is 20.3 Å². The molecule has 3 rings (SSSR count). The first-order valence-electron chi connectivity index (χ1n) is 9.31. The molecule has 3 nitrogen and oxygen atoms in total. The molecule has 0 bridgehead atoms. The van der Waals surface area contributed by atoms with Gasteiger partial charge < -0.3 is 14.2 Å². The van der Waals surface area contributed by atoms with Crippen molar-refractivity contribution >= 4 is 0 Å². The minimum Gasteiger partial charge on any atom is -0.379 e. The molecular weight excluding hydrogens is 320 g/mol. The molecule has 0 aliphatic rings. The average Bonchev–Trinajstić information content (AvgIpc) is 3.09. The van der Waals surface area contributed by atoms with Gasteiger partial charge in [-0.15, -0.1) is 0 Å². The monoisotopic (exact) mass is 349 g/mol. The lowest BCUT2D eigenvalue weighted by atomic mass is 10.1. The Balaban J connectivity index is 1.73. The van der Waals surface area contributed by atoms with E-state index in [0.717, 1.165) is 32.8 Å². The van der Waals surface area contributed by atoms with E-state index in [1.54, 1.807) is 7.11 Å². The van der Waals surface area contributed by atoms with Crippen LogP contribution in [0.25, 0.3) is 0 Å². The molecule has 0 spiro atoms. The van der Waals surface area contributed by atoms with Crippen molar-refractivity contribution in [3.63, 3.8) is 0 Å². The number of methoxy groups -OCH3 is 1. The Morgan fingerprint density at radius 3 is 2.42 bits per heavy atom. The first-order valence-corrected chi connectivity index (χ1v) is 9.31. The third kappa shape index (κ3) is 5.07. The molecule has 0 saturated heterocycles. The van der Waals surface area contributed by atoms with E-state index >= 15 is 0 Å². The fourth-order valence-corrected chi connectivity index (χ4v) is 3.36. The van der Waals surface area contributed by atoms with E-state index in [1.165, 1.54) is 27.3 Å². The van der Waals surface area contributed by atoms with Gasteiger partial charge in [0.1, 0.15) is 19.6 Å². The van der Waals surface area contributed by atoms with E-state index in [-0.39, 0.29) is 0 Å². The van der Waals surface area contributed by atoms with Crippen LogP contribution in [0.1, 0.15) is 22.4 Å². The fourth-order valence-electron chi connectivity index (χ4n) is 3.36. The number of ether oxygens (including phenoxy) is 1. The van der Waals surface area contributed by atoms with Crippen molar-refractivity contribution in [3.8, 4) is 0 Å². The topological polar surface area (TPSA) is 18.6 Å². The molecule has 0 radical (unpaired) electrons. The molecule has 0 saturated carbocycles. The van der Waals surface area contributed by atoms with Crippen molar-refractivity contribution in [2.24, 2.45) is 0 Å². The molecule has 136 valence electrons. The van der Waals surface area contributed by atoms with Crippen LogP contribution in [-0.2, 0) is 24.4 Å². The van der Waals surface area contributed by atoms with E-state index in [2.05, 4.69) is 84.4 Å². The lowest BCUT2D eigenvalue weighted by Crippen LogP contribution is -3.10. The van der Waals surface area contributed by atoms with Gasteiger partial charge in [0.05, 0.1) is 12.3 Å². The second kappa shape index (κ2) is 9.37. The third-order valence-corrected chi connectivity index (χ3v) is 4.91. The van der Waals surface area contributed by atoms with E-state index in [9.17, 15) is 0 Å². The first kappa shape index (κ1) is 18.4. The highest BCUT2D eigenvalue weighted by Crippen LogP contribution is 2.08. The van der Waals surface area contributed by atoms with Gasteiger partial charge in [0.2, 0.25) is 0 Å². The maximum absolute atomic E-state index is 5.36. The SMILES string of the molecule is COCC[NH+](Cc1ccccc1C)Cc1cccn1Cc1ccccc1. The van der Waals surface area contributed by atoms with Crippen LogP contribution in [0.2, 0.25) is 0 Å². The summed E-state index contributed by atoms with van der Waals surface area (Å²) < 4.78 is 7.72. The highest BCUT2D eigenvalue weighted by molar-refractivity contribution is 5.24. The van der Waals surface area contributed by atoms with Crippen LogP contribution in [0, 0.1) is 6.92 Å². The van der Waals surface area contributed by atoms with Gasteiger partial charge in [-0.05, 0) is 30.2 Å². The standard InChI is InChI=1S/C23H28N2O/c1-20-9-6-7-12-22(20)18-24(15-16-26-2)19-23-13-8-14-25(23)17-21-10-4-3-5-11-21/h3-14H,15-19H2,1-2H3/p+1. The van der Waals surface area contributed by atoms with Crippen molar-refractivity contribution in [3.05, 3.63) is 95.3 Å². The van der Waals surface area contributed by atoms with Crippen molar-refractivity contribution in [2.45, 2.75) is 26.6 Å². The Hall–Kier alpha value is -2.36. The molecule has 1 unspecified atom stereocenters. The zero-order chi connectivity index (χ0) is 18.2. The highest BCUT2D eigenvalue weighted by atomic mass is 16.5. The summed E-state index contributed by atoms with van der Waals surface area (Å²) in [6.07, 6.45) is 2.18. The normalized spacial score (nSPS) is 12.2. The smallest absolute Gasteiger partial charge is 0.118 e. The molecule has 1 atom stereocenters. The number of quaternary nitrogens is 1. The van der Waals surface area contributed by atoms with Crippen LogP contribution in [0.5, 0.6) is 0 Å². The predicted molar refractivity (Wildman–Crippen MR) is 106 cm³/mol. The van der Waals surface area contributed by atoms with Crippen LogP contribution in [0.3, 0.4) is 0 Å². The van der Waals surface area contributed by atoms with Gasteiger partial charge in [0, 0.05) is 25.4 Å². The summed E-state index contributed by atoms with van der Waals surface area (Å²) in [6, 6.07) is 23.7. The second-order valence-electron chi connectivity index (χ2n) is 6.89. The van der Waals surface area contributed by atoms with E-state index < -0.39 is 0 Å². The van der Waals surface area contributed by atoms with E-state index in [0.29, 0.717) is 0 Å². The van der Waals surface area contributed by atoms with Crippen molar-refractivity contribution in [1.82, 2.24) is 4.57 Å². The number of aromatic nitrogens is 1. The Morgan fingerprint density at radius 1 is 0.885 bits per heavy atom. The van der Waals surface area contributed by atoms with Gasteiger partial charge in [0.15, 0.2) is 0 Å². The van der Waals surface area contributed by atoms with Crippen LogP contribution >= 0.6 is 0 Å². The summed E-state index contributed by atoms with van der Waals surface area (Å²) in [5.41, 5.74) is 5.48. The van der Waals surface area contributed by atoms with Gasteiger partial charge in [-0.1, -0.05) is 54.6 Å². The Bertz CT molecular complexity index is 795.